The van der Waals surface area contributed by atoms with Crippen LogP contribution in [-0.4, -0.2) is 21.3 Å². The molecule has 2 rings (SSSR count). The summed E-state index contributed by atoms with van der Waals surface area (Å²) < 4.78 is 14.3. The molecule has 2 aromatic carbocycles. The molecule has 25 heavy (non-hydrogen) atoms. The Kier molecular flexibility index (Phi) is 8.54. The minimum atomic E-state index is -2.87. The van der Waals surface area contributed by atoms with Gasteiger partial charge in [0.2, 0.25) is 0 Å². The molecule has 0 fully saturated rings. The topological polar surface area (TPSA) is 122 Å². The molecule has 0 spiro atoms. The third-order valence-electron chi connectivity index (χ3n) is 2.65. The largest absolute Gasteiger partial charge is 0.692 e. The average molecular weight is 408 g/mol. The summed E-state index contributed by atoms with van der Waals surface area (Å²) in [5, 5.41) is 14.7. The van der Waals surface area contributed by atoms with Crippen LogP contribution in [0.5, 0.6) is 11.5 Å². The lowest BCUT2D eigenvalue weighted by molar-refractivity contribution is -0.384. The molecule has 0 aliphatic carbocycles. The van der Waals surface area contributed by atoms with Crippen LogP contribution in [0.25, 0.3) is 0 Å². The average Bonchev–Trinajstić information content (AvgIpc) is 2.50. The second kappa shape index (κ2) is 10.1. The van der Waals surface area contributed by atoms with Gasteiger partial charge in [-0.05, 0) is 31.2 Å². The Labute approximate surface area is 154 Å². The van der Waals surface area contributed by atoms with Gasteiger partial charge in [0.05, 0.1) is 9.95 Å². The molecule has 0 bridgehead atoms. The van der Waals surface area contributed by atoms with Gasteiger partial charge in [-0.3, -0.25) is 10.1 Å². The molecule has 0 heterocycles. The molecule has 134 valence electrons. The van der Waals surface area contributed by atoms with E-state index in [-0.39, 0.29) is 5.69 Å². The fourth-order valence-corrected chi connectivity index (χ4v) is 2.20. The van der Waals surface area contributed by atoms with E-state index in [9.17, 15) is 10.1 Å². The van der Waals surface area contributed by atoms with E-state index in [0.29, 0.717) is 33.8 Å². The normalized spacial score (nSPS) is 9.64. The molecule has 0 aliphatic heterocycles. The number of nitrogens with one attached hydrogen (secondary N) is 1. The quantitative estimate of drug-likeness (QED) is 0.371. The highest BCUT2D eigenvalue weighted by Crippen LogP contribution is 2.35. The van der Waals surface area contributed by atoms with Gasteiger partial charge in [0.1, 0.15) is 17.2 Å². The van der Waals surface area contributed by atoms with Crippen molar-refractivity contribution in [3.8, 4) is 11.5 Å². The van der Waals surface area contributed by atoms with Crippen molar-refractivity contribution in [3.05, 3.63) is 56.6 Å². The molecule has 11 heteroatoms. The van der Waals surface area contributed by atoms with Crippen LogP contribution in [0.2, 0.25) is 10.0 Å². The van der Waals surface area contributed by atoms with E-state index in [2.05, 4.69) is 5.32 Å². The summed E-state index contributed by atoms with van der Waals surface area (Å²) in [5.74, 6) is 0.873. The van der Waals surface area contributed by atoms with Crippen molar-refractivity contribution in [3.63, 3.8) is 0 Å². The Morgan fingerprint density at radius 1 is 1.24 bits per heavy atom. The maximum absolute atomic E-state index is 10.9. The molecule has 0 atom stereocenters. The maximum atomic E-state index is 10.9. The van der Waals surface area contributed by atoms with Gasteiger partial charge in [0, 0.05) is 28.3 Å². The summed E-state index contributed by atoms with van der Waals surface area (Å²) in [5.41, 5.74) is 0.386. The van der Waals surface area contributed by atoms with E-state index in [1.807, 2.05) is 6.92 Å². The number of ether oxygens (including phenoxy) is 1. The monoisotopic (exact) mass is 407 g/mol. The van der Waals surface area contributed by atoms with Crippen molar-refractivity contribution in [1.82, 2.24) is 0 Å². The van der Waals surface area contributed by atoms with Gasteiger partial charge in [0.15, 0.2) is 0 Å². The van der Waals surface area contributed by atoms with Crippen molar-refractivity contribution in [2.24, 2.45) is 0 Å². The highest BCUT2D eigenvalue weighted by atomic mass is 35.5. The van der Waals surface area contributed by atoms with Crippen LogP contribution in [0, 0.1) is 10.1 Å². The van der Waals surface area contributed by atoms with Gasteiger partial charge in [-0.2, -0.15) is 0 Å². The summed E-state index contributed by atoms with van der Waals surface area (Å²) in [6.07, 6.45) is 0. The Balaban J connectivity index is 0.000000705. The zero-order valence-electron chi connectivity index (χ0n) is 12.8. The number of halogens is 2. The van der Waals surface area contributed by atoms with Crippen molar-refractivity contribution in [1.29, 1.82) is 0 Å². The molecule has 0 unspecified atom stereocenters. The van der Waals surface area contributed by atoms with Gasteiger partial charge in [-0.15, -0.1) is 9.79 Å². The van der Waals surface area contributed by atoms with Crippen LogP contribution in [-0.2, 0) is 4.57 Å². The highest BCUT2D eigenvalue weighted by molar-refractivity contribution is 7.30. The van der Waals surface area contributed by atoms with Crippen LogP contribution < -0.4 is 10.1 Å². The van der Waals surface area contributed by atoms with E-state index >= 15 is 0 Å². The van der Waals surface area contributed by atoms with Gasteiger partial charge in [-0.1, -0.05) is 23.2 Å². The van der Waals surface area contributed by atoms with E-state index < -0.39 is 13.2 Å². The van der Waals surface area contributed by atoms with Crippen LogP contribution in [0.15, 0.2) is 36.4 Å². The number of rotatable bonds is 5. The van der Waals surface area contributed by atoms with Crippen molar-refractivity contribution in [2.45, 2.75) is 6.92 Å². The molecule has 0 amide bonds. The molecule has 0 saturated carbocycles. The van der Waals surface area contributed by atoms with Crippen molar-refractivity contribution in [2.75, 3.05) is 11.9 Å². The number of nitrogens with zero attached hydrogens (tertiary/aromatic N) is 1. The highest BCUT2D eigenvalue weighted by Gasteiger charge is 2.14. The molecule has 3 N–H and O–H groups in total. The summed E-state index contributed by atoms with van der Waals surface area (Å²) >= 11 is 11.8. The van der Waals surface area contributed by atoms with Gasteiger partial charge < -0.3 is 10.1 Å². The third-order valence-corrected chi connectivity index (χ3v) is 3.18. The molecule has 0 aliphatic rings. The number of nitro groups is 1. The van der Waals surface area contributed by atoms with E-state index in [4.69, 9.17) is 42.3 Å². The molecule has 0 radical (unpaired) electrons. The van der Waals surface area contributed by atoms with Gasteiger partial charge in [0.25, 0.3) is 5.69 Å². The molecule has 2 aromatic rings. The van der Waals surface area contributed by atoms with E-state index in [0.717, 1.165) is 0 Å². The fraction of sp³-hybridized carbons (Fsp3) is 0.143. The summed E-state index contributed by atoms with van der Waals surface area (Å²) in [4.78, 5) is 24.7. The molecule has 8 nitrogen and oxygen atoms in total. The molecule has 0 aromatic heterocycles. The zero-order chi connectivity index (χ0) is 19.0. The lowest BCUT2D eigenvalue weighted by Gasteiger charge is -2.10. The van der Waals surface area contributed by atoms with E-state index in [1.165, 1.54) is 12.1 Å². The van der Waals surface area contributed by atoms with Gasteiger partial charge in [-0.25, -0.2) is 0 Å². The lowest BCUT2D eigenvalue weighted by atomic mass is 10.2. The van der Waals surface area contributed by atoms with Crippen molar-refractivity contribution < 1.29 is 24.0 Å². The minimum Gasteiger partial charge on any atom is -0.456 e. The fourth-order valence-electron chi connectivity index (χ4n) is 1.75. The summed E-state index contributed by atoms with van der Waals surface area (Å²) in [6, 6.07) is 9.32. The lowest BCUT2D eigenvalue weighted by Crippen LogP contribution is -2.01. The van der Waals surface area contributed by atoms with Crippen LogP contribution in [0.1, 0.15) is 6.92 Å². The Morgan fingerprint density at radius 3 is 2.40 bits per heavy atom. The summed E-state index contributed by atoms with van der Waals surface area (Å²) in [6.45, 7) is 2.42. The first-order valence-electron chi connectivity index (χ1n) is 6.74. The first kappa shape index (κ1) is 21.1. The predicted molar refractivity (Wildman–Crippen MR) is 95.8 cm³/mol. The Bertz CT molecular complexity index is 771. The predicted octanol–water partition coefficient (Wildman–Crippen LogP) is 4.75. The van der Waals surface area contributed by atoms with Crippen LogP contribution in [0.3, 0.4) is 0 Å². The summed E-state index contributed by atoms with van der Waals surface area (Å²) in [7, 11) is -2.87. The Morgan fingerprint density at radius 2 is 1.88 bits per heavy atom. The Hall–Kier alpha value is -1.96. The second-order valence-corrected chi connectivity index (χ2v) is 5.75. The molecular weight excluding hydrogens is 394 g/mol. The molecular formula is C14H14Cl2N2O6P+. The van der Waals surface area contributed by atoms with E-state index in [1.54, 1.807) is 24.3 Å². The maximum Gasteiger partial charge on any atom is 0.692 e. The SMILES string of the molecule is CCNc1cc(Oc2ccc(Cl)cc2Cl)ccc1[N+](=O)[O-].O=[P+](O)O. The van der Waals surface area contributed by atoms with Gasteiger partial charge >= 0.3 is 8.25 Å². The standard InChI is InChI=1S/C14H12Cl2N2O3.HO3P/c1-2-17-12-8-10(4-5-13(12)18(19)20)21-14-6-3-9(15)7-11(14)16;1-4(2)3/h3-8,17H,2H2,1H3;(H-,1,2,3)/p+1. The third kappa shape index (κ3) is 7.21. The minimum absolute atomic E-state index is 0.00796. The first-order valence-corrected chi connectivity index (χ1v) is 8.67. The second-order valence-electron chi connectivity index (χ2n) is 4.40. The number of nitro benzene ring substituents is 1. The van der Waals surface area contributed by atoms with Crippen molar-refractivity contribution >= 4 is 42.8 Å². The zero-order valence-corrected chi connectivity index (χ0v) is 15.3. The number of hydrogen-bond acceptors (Lipinski definition) is 5. The first-order chi connectivity index (χ1) is 11.7. The number of benzene rings is 2. The van der Waals surface area contributed by atoms with Crippen LogP contribution >= 0.6 is 31.5 Å². The number of hydrogen-bond donors (Lipinski definition) is 3. The smallest absolute Gasteiger partial charge is 0.456 e. The van der Waals surface area contributed by atoms with Crippen LogP contribution in [0.4, 0.5) is 11.4 Å². The molecule has 0 saturated heterocycles. The number of anilines is 1.